The molecule has 1 N–H and O–H groups in total. The van der Waals surface area contributed by atoms with Crippen LogP contribution < -0.4 is 5.32 Å². The number of hydrogen-bond acceptors (Lipinski definition) is 4. The fourth-order valence-corrected chi connectivity index (χ4v) is 3.22. The zero-order chi connectivity index (χ0) is 18.4. The lowest BCUT2D eigenvalue weighted by Crippen LogP contribution is -2.50. The molecule has 26 heavy (non-hydrogen) atoms. The average molecular weight is 414 g/mol. The van der Waals surface area contributed by atoms with Crippen LogP contribution >= 0.6 is 15.9 Å². The summed E-state index contributed by atoms with van der Waals surface area (Å²) in [6, 6.07) is 19.7. The highest BCUT2D eigenvalue weighted by atomic mass is 79.9. The third-order valence-corrected chi connectivity index (χ3v) is 5.05. The van der Waals surface area contributed by atoms with E-state index in [1.54, 1.807) is 4.90 Å². The molecule has 1 aliphatic heterocycles. The summed E-state index contributed by atoms with van der Waals surface area (Å²) in [5, 5.41) is 13.0. The van der Waals surface area contributed by atoms with Crippen LogP contribution in [0.2, 0.25) is 0 Å². The molecular weight excluding hydrogens is 394 g/mol. The molecule has 6 heteroatoms. The lowest BCUT2D eigenvalue weighted by atomic mass is 9.89. The number of hydrogen-bond donors (Lipinski definition) is 1. The summed E-state index contributed by atoms with van der Waals surface area (Å²) < 4.78 is 6.37. The molecule has 1 aliphatic rings. The molecule has 5 nitrogen and oxygen atoms in total. The molecule has 1 heterocycles. The van der Waals surface area contributed by atoms with Gasteiger partial charge in [0.15, 0.2) is 0 Å². The van der Waals surface area contributed by atoms with Crippen LogP contribution in [0.4, 0.5) is 10.5 Å². The van der Waals surface area contributed by atoms with Gasteiger partial charge in [-0.25, -0.2) is 4.79 Å². The lowest BCUT2D eigenvalue weighted by Gasteiger charge is -2.37. The van der Waals surface area contributed by atoms with Crippen LogP contribution in [-0.2, 0) is 11.3 Å². The average Bonchev–Trinajstić information content (AvgIpc) is 2.69. The zero-order valence-corrected chi connectivity index (χ0v) is 15.9. The third-order valence-electron chi connectivity index (χ3n) is 4.52. The van der Waals surface area contributed by atoms with Crippen LogP contribution in [0.25, 0.3) is 0 Å². The number of rotatable bonds is 4. The number of piperidine rings is 1. The highest BCUT2D eigenvalue weighted by molar-refractivity contribution is 9.10. The number of amides is 1. The summed E-state index contributed by atoms with van der Waals surface area (Å²) in [5.74, 6) is 0. The predicted molar refractivity (Wildman–Crippen MR) is 104 cm³/mol. The quantitative estimate of drug-likeness (QED) is 0.797. The second kappa shape index (κ2) is 8.24. The molecular formula is C20H20BrN3O2. The van der Waals surface area contributed by atoms with Gasteiger partial charge < -0.3 is 15.0 Å². The molecule has 0 bridgehead atoms. The molecule has 134 valence electrons. The summed E-state index contributed by atoms with van der Waals surface area (Å²) in [6.45, 7) is 1.24. The Morgan fingerprint density at radius 3 is 2.42 bits per heavy atom. The monoisotopic (exact) mass is 413 g/mol. The highest BCUT2D eigenvalue weighted by Gasteiger charge is 2.36. The van der Waals surface area contributed by atoms with E-state index in [-0.39, 0.29) is 12.7 Å². The van der Waals surface area contributed by atoms with Crippen LogP contribution in [0.1, 0.15) is 18.4 Å². The number of nitrogens with zero attached hydrogens (tertiary/aromatic N) is 2. The van der Waals surface area contributed by atoms with Gasteiger partial charge in [0.25, 0.3) is 0 Å². The Balaban J connectivity index is 1.54. The fourth-order valence-electron chi connectivity index (χ4n) is 2.96. The normalized spacial score (nSPS) is 15.8. The lowest BCUT2D eigenvalue weighted by molar-refractivity contribution is 0.0847. The summed E-state index contributed by atoms with van der Waals surface area (Å²) in [4.78, 5) is 13.9. The number of nitriles is 1. The number of carbonyl (C=O) groups is 1. The molecule has 2 aromatic carbocycles. The highest BCUT2D eigenvalue weighted by Crippen LogP contribution is 2.27. The van der Waals surface area contributed by atoms with Gasteiger partial charge in [-0.15, -0.1) is 0 Å². The number of nitrogens with one attached hydrogen (secondary N) is 1. The minimum atomic E-state index is -0.663. The Labute approximate surface area is 161 Å². The van der Waals surface area contributed by atoms with E-state index < -0.39 is 5.54 Å². The maximum atomic E-state index is 12.3. The van der Waals surface area contributed by atoms with E-state index in [0.717, 1.165) is 15.7 Å². The third kappa shape index (κ3) is 4.55. The van der Waals surface area contributed by atoms with Gasteiger partial charge in [-0.3, -0.25) is 0 Å². The van der Waals surface area contributed by atoms with Crippen molar-refractivity contribution >= 4 is 27.7 Å². The van der Waals surface area contributed by atoms with Crippen molar-refractivity contribution in [3.05, 3.63) is 64.6 Å². The number of benzene rings is 2. The standard InChI is InChI=1S/C20H20BrN3O2/c21-17-6-8-18(9-7-17)23-20(15-22)10-12-24(13-11-20)19(25)26-14-16-4-2-1-3-5-16/h1-9,23H,10-14H2. The Hall–Kier alpha value is -2.52. The van der Waals surface area contributed by atoms with Gasteiger partial charge in [-0.2, -0.15) is 5.26 Å². The van der Waals surface area contributed by atoms with Crippen molar-refractivity contribution in [3.8, 4) is 6.07 Å². The fraction of sp³-hybridized carbons (Fsp3) is 0.300. The van der Waals surface area contributed by atoms with E-state index in [1.807, 2.05) is 54.6 Å². The summed E-state index contributed by atoms with van der Waals surface area (Å²) in [5.41, 5.74) is 1.19. The number of carbonyl (C=O) groups excluding carboxylic acids is 1. The molecule has 0 aliphatic carbocycles. The van der Waals surface area contributed by atoms with Crippen LogP contribution in [0.5, 0.6) is 0 Å². The van der Waals surface area contributed by atoms with E-state index in [4.69, 9.17) is 4.74 Å². The van der Waals surface area contributed by atoms with E-state index >= 15 is 0 Å². The Bertz CT molecular complexity index is 779. The molecule has 0 unspecified atom stereocenters. The molecule has 1 saturated heterocycles. The van der Waals surface area contributed by atoms with E-state index in [0.29, 0.717) is 25.9 Å². The molecule has 1 amide bonds. The minimum Gasteiger partial charge on any atom is -0.445 e. The van der Waals surface area contributed by atoms with E-state index in [1.165, 1.54) is 0 Å². The molecule has 0 atom stereocenters. The van der Waals surface area contributed by atoms with Crippen LogP contribution in [0.3, 0.4) is 0 Å². The van der Waals surface area contributed by atoms with Gasteiger partial charge in [0, 0.05) is 36.1 Å². The predicted octanol–water partition coefficient (Wildman–Crippen LogP) is 4.56. The Morgan fingerprint density at radius 2 is 1.81 bits per heavy atom. The van der Waals surface area contributed by atoms with Crippen molar-refractivity contribution < 1.29 is 9.53 Å². The summed E-state index contributed by atoms with van der Waals surface area (Å²) in [6.07, 6.45) is 0.782. The molecule has 1 fully saturated rings. The Morgan fingerprint density at radius 1 is 1.15 bits per heavy atom. The van der Waals surface area contributed by atoms with Crippen LogP contribution in [0, 0.1) is 11.3 Å². The van der Waals surface area contributed by atoms with Gasteiger partial charge in [-0.05, 0) is 29.8 Å². The maximum absolute atomic E-state index is 12.3. The maximum Gasteiger partial charge on any atom is 0.410 e. The van der Waals surface area contributed by atoms with E-state index in [2.05, 4.69) is 27.3 Å². The summed E-state index contributed by atoms with van der Waals surface area (Å²) >= 11 is 3.41. The first-order chi connectivity index (χ1) is 12.6. The van der Waals surface area contributed by atoms with E-state index in [9.17, 15) is 10.1 Å². The van der Waals surface area contributed by atoms with Gasteiger partial charge in [0.2, 0.25) is 0 Å². The largest absolute Gasteiger partial charge is 0.445 e. The second-order valence-corrected chi connectivity index (χ2v) is 7.27. The van der Waals surface area contributed by atoms with Crippen molar-refractivity contribution in [2.45, 2.75) is 25.0 Å². The first-order valence-electron chi connectivity index (χ1n) is 8.51. The minimum absolute atomic E-state index is 0.261. The van der Waals surface area contributed by atoms with Gasteiger partial charge in [0.1, 0.15) is 12.1 Å². The van der Waals surface area contributed by atoms with Crippen molar-refractivity contribution in [3.63, 3.8) is 0 Å². The molecule has 2 aromatic rings. The van der Waals surface area contributed by atoms with Crippen molar-refractivity contribution in [1.82, 2.24) is 4.90 Å². The first-order valence-corrected chi connectivity index (χ1v) is 9.30. The number of halogens is 1. The number of likely N-dealkylation sites (tertiary alicyclic amines) is 1. The van der Waals surface area contributed by atoms with Gasteiger partial charge >= 0.3 is 6.09 Å². The van der Waals surface area contributed by atoms with Gasteiger partial charge in [-0.1, -0.05) is 46.3 Å². The molecule has 0 aromatic heterocycles. The number of anilines is 1. The molecule has 0 radical (unpaired) electrons. The topological polar surface area (TPSA) is 65.4 Å². The van der Waals surface area contributed by atoms with Gasteiger partial charge in [0.05, 0.1) is 6.07 Å². The molecule has 0 spiro atoms. The molecule has 0 saturated carbocycles. The molecule has 3 rings (SSSR count). The zero-order valence-electron chi connectivity index (χ0n) is 14.3. The van der Waals surface area contributed by atoms with Crippen molar-refractivity contribution in [2.24, 2.45) is 0 Å². The second-order valence-electron chi connectivity index (χ2n) is 6.35. The Kier molecular flexibility index (Phi) is 5.79. The number of ether oxygens (including phenoxy) is 1. The SMILES string of the molecule is N#CC1(Nc2ccc(Br)cc2)CCN(C(=O)OCc2ccccc2)CC1. The van der Waals surface area contributed by atoms with Crippen molar-refractivity contribution in [1.29, 1.82) is 5.26 Å². The van der Waals surface area contributed by atoms with Crippen molar-refractivity contribution in [2.75, 3.05) is 18.4 Å². The van der Waals surface area contributed by atoms with Crippen LogP contribution in [0.15, 0.2) is 59.1 Å². The summed E-state index contributed by atoms with van der Waals surface area (Å²) in [7, 11) is 0. The first kappa shape index (κ1) is 18.3. The smallest absolute Gasteiger partial charge is 0.410 e. The van der Waals surface area contributed by atoms with Crippen LogP contribution in [-0.4, -0.2) is 29.6 Å².